The maximum atomic E-state index is 11.5. The molecule has 1 saturated heterocycles. The summed E-state index contributed by atoms with van der Waals surface area (Å²) in [7, 11) is 1.38. The number of aliphatic hydroxyl groups excluding tert-OH is 1. The molecule has 2 rings (SSSR count). The molecular weight excluding hydrogens is 236 g/mol. The zero-order chi connectivity index (χ0) is 13.0. The van der Waals surface area contributed by atoms with E-state index in [1.165, 1.54) is 7.11 Å². The Morgan fingerprint density at radius 3 is 3.22 bits per heavy atom. The third-order valence-corrected chi connectivity index (χ3v) is 2.87. The Hall–Kier alpha value is -1.82. The molecule has 0 spiro atoms. The molecule has 18 heavy (non-hydrogen) atoms. The topological polar surface area (TPSA) is 75.3 Å². The van der Waals surface area contributed by atoms with Crippen molar-refractivity contribution in [3.8, 4) is 0 Å². The number of furan rings is 1. The van der Waals surface area contributed by atoms with Gasteiger partial charge in [-0.1, -0.05) is 0 Å². The molecular formula is C12H16N2O4. The molecule has 0 radical (unpaired) electrons. The predicted octanol–water partition coefficient (Wildman–Crippen LogP) is 0.743. The van der Waals surface area contributed by atoms with Crippen LogP contribution in [0, 0.1) is 0 Å². The molecule has 1 N–H and O–H groups in total. The molecule has 2 heterocycles. The molecule has 6 nitrogen and oxygen atoms in total. The van der Waals surface area contributed by atoms with E-state index >= 15 is 0 Å². The standard InChI is InChI=1S/C12H16N2O4/c1-17-12(16)11-3-2-6-14(11)13-7-9-4-5-10(8-15)18-9/h4-5,7,11,15H,2-3,6,8H2,1H3/b13-7+/t11-/m0/s1. The third kappa shape index (κ3) is 2.70. The van der Waals surface area contributed by atoms with Crippen LogP contribution in [0.1, 0.15) is 24.4 Å². The number of esters is 1. The third-order valence-electron chi connectivity index (χ3n) is 2.87. The van der Waals surface area contributed by atoms with Gasteiger partial charge in [0.15, 0.2) is 0 Å². The van der Waals surface area contributed by atoms with Crippen LogP contribution in [-0.2, 0) is 16.1 Å². The lowest BCUT2D eigenvalue weighted by molar-refractivity contribution is -0.145. The summed E-state index contributed by atoms with van der Waals surface area (Å²) in [5, 5.41) is 14.8. The van der Waals surface area contributed by atoms with Crippen molar-refractivity contribution in [2.45, 2.75) is 25.5 Å². The molecule has 6 heteroatoms. The van der Waals surface area contributed by atoms with Gasteiger partial charge in [0.05, 0.1) is 13.3 Å². The van der Waals surface area contributed by atoms with E-state index in [1.54, 1.807) is 23.4 Å². The predicted molar refractivity (Wildman–Crippen MR) is 64.0 cm³/mol. The van der Waals surface area contributed by atoms with Gasteiger partial charge < -0.3 is 14.3 Å². The summed E-state index contributed by atoms with van der Waals surface area (Å²) in [6, 6.07) is 3.10. The number of nitrogens with zero attached hydrogens (tertiary/aromatic N) is 2. The number of methoxy groups -OCH3 is 1. The van der Waals surface area contributed by atoms with Gasteiger partial charge >= 0.3 is 5.97 Å². The molecule has 0 unspecified atom stereocenters. The Balaban J connectivity index is 2.01. The van der Waals surface area contributed by atoms with E-state index in [-0.39, 0.29) is 18.6 Å². The highest BCUT2D eigenvalue weighted by atomic mass is 16.5. The Labute approximate surface area is 105 Å². The van der Waals surface area contributed by atoms with Crippen molar-refractivity contribution in [1.29, 1.82) is 0 Å². The normalized spacial score (nSPS) is 19.7. The first-order valence-corrected chi connectivity index (χ1v) is 5.82. The lowest BCUT2D eigenvalue weighted by Gasteiger charge is -2.18. The highest BCUT2D eigenvalue weighted by Crippen LogP contribution is 2.18. The lowest BCUT2D eigenvalue weighted by atomic mass is 10.2. The highest BCUT2D eigenvalue weighted by molar-refractivity contribution is 5.78. The summed E-state index contributed by atoms with van der Waals surface area (Å²) in [5.41, 5.74) is 0. The monoisotopic (exact) mass is 252 g/mol. The van der Waals surface area contributed by atoms with Gasteiger partial charge in [-0.2, -0.15) is 5.10 Å². The number of hydrogen-bond donors (Lipinski definition) is 1. The summed E-state index contributed by atoms with van der Waals surface area (Å²) < 4.78 is 10.00. The van der Waals surface area contributed by atoms with E-state index in [0.717, 1.165) is 19.4 Å². The fraction of sp³-hybridized carbons (Fsp3) is 0.500. The van der Waals surface area contributed by atoms with E-state index in [0.29, 0.717) is 11.5 Å². The number of hydrazone groups is 1. The number of carbonyl (C=O) groups excluding carboxylic acids is 1. The van der Waals surface area contributed by atoms with E-state index in [2.05, 4.69) is 5.10 Å². The summed E-state index contributed by atoms with van der Waals surface area (Å²) in [6.07, 6.45) is 3.21. The number of rotatable bonds is 4. The Kier molecular flexibility index (Phi) is 3.99. The van der Waals surface area contributed by atoms with Crippen molar-refractivity contribution in [3.63, 3.8) is 0 Å². The smallest absolute Gasteiger partial charge is 0.330 e. The van der Waals surface area contributed by atoms with Crippen LogP contribution < -0.4 is 0 Å². The van der Waals surface area contributed by atoms with Crippen molar-refractivity contribution in [3.05, 3.63) is 23.7 Å². The average molecular weight is 252 g/mol. The van der Waals surface area contributed by atoms with Crippen LogP contribution in [0.3, 0.4) is 0 Å². The maximum Gasteiger partial charge on any atom is 0.330 e. The van der Waals surface area contributed by atoms with Crippen LogP contribution in [0.4, 0.5) is 0 Å². The molecule has 0 saturated carbocycles. The Morgan fingerprint density at radius 1 is 1.72 bits per heavy atom. The molecule has 1 aliphatic heterocycles. The second kappa shape index (κ2) is 5.68. The first-order chi connectivity index (χ1) is 8.74. The fourth-order valence-electron chi connectivity index (χ4n) is 1.95. The number of carbonyl (C=O) groups is 1. The highest BCUT2D eigenvalue weighted by Gasteiger charge is 2.30. The molecule has 0 aromatic carbocycles. The zero-order valence-corrected chi connectivity index (χ0v) is 10.2. The van der Waals surface area contributed by atoms with Crippen molar-refractivity contribution in [2.75, 3.05) is 13.7 Å². The first-order valence-electron chi connectivity index (χ1n) is 5.82. The number of hydrogen-bond acceptors (Lipinski definition) is 6. The summed E-state index contributed by atoms with van der Waals surface area (Å²) in [5.74, 6) is 0.775. The minimum Gasteiger partial charge on any atom is -0.467 e. The van der Waals surface area contributed by atoms with Gasteiger partial charge in [0.2, 0.25) is 0 Å². The molecule has 0 bridgehead atoms. The van der Waals surface area contributed by atoms with Crippen LogP contribution in [-0.4, -0.2) is 42.0 Å². The minimum atomic E-state index is -0.307. The molecule has 1 fully saturated rings. The molecule has 1 aliphatic rings. The molecule has 0 aliphatic carbocycles. The zero-order valence-electron chi connectivity index (χ0n) is 10.2. The molecule has 1 atom stereocenters. The molecule has 1 aromatic rings. The van der Waals surface area contributed by atoms with Gasteiger partial charge in [0, 0.05) is 6.54 Å². The summed E-state index contributed by atoms with van der Waals surface area (Å²) in [4.78, 5) is 11.5. The molecule has 1 aromatic heterocycles. The Bertz CT molecular complexity index is 441. The van der Waals surface area contributed by atoms with E-state index in [1.807, 2.05) is 0 Å². The fourth-order valence-corrected chi connectivity index (χ4v) is 1.95. The van der Waals surface area contributed by atoms with Crippen molar-refractivity contribution < 1.29 is 19.1 Å². The van der Waals surface area contributed by atoms with Crippen LogP contribution in [0.5, 0.6) is 0 Å². The largest absolute Gasteiger partial charge is 0.467 e. The van der Waals surface area contributed by atoms with Gasteiger partial charge in [0.25, 0.3) is 0 Å². The number of ether oxygens (including phenoxy) is 1. The second-order valence-electron chi connectivity index (χ2n) is 4.05. The summed E-state index contributed by atoms with van der Waals surface area (Å²) >= 11 is 0. The first kappa shape index (κ1) is 12.6. The maximum absolute atomic E-state index is 11.5. The van der Waals surface area contributed by atoms with Crippen LogP contribution in [0.15, 0.2) is 21.7 Å². The van der Waals surface area contributed by atoms with Gasteiger partial charge in [-0.25, -0.2) is 4.79 Å². The van der Waals surface area contributed by atoms with E-state index in [9.17, 15) is 4.79 Å². The lowest BCUT2D eigenvalue weighted by Crippen LogP contribution is -2.33. The minimum absolute atomic E-state index is 0.137. The average Bonchev–Trinajstić information content (AvgIpc) is 3.03. The van der Waals surface area contributed by atoms with E-state index in [4.69, 9.17) is 14.3 Å². The second-order valence-corrected chi connectivity index (χ2v) is 4.05. The van der Waals surface area contributed by atoms with Crippen LogP contribution in [0.25, 0.3) is 0 Å². The van der Waals surface area contributed by atoms with Crippen molar-refractivity contribution >= 4 is 12.2 Å². The summed E-state index contributed by atoms with van der Waals surface area (Å²) in [6.45, 7) is 0.589. The van der Waals surface area contributed by atoms with Gasteiger partial charge in [-0.3, -0.25) is 5.01 Å². The molecule has 98 valence electrons. The van der Waals surface area contributed by atoms with Gasteiger partial charge in [-0.15, -0.1) is 0 Å². The molecule has 0 amide bonds. The number of aliphatic hydroxyl groups is 1. The quantitative estimate of drug-likeness (QED) is 0.632. The Morgan fingerprint density at radius 2 is 2.56 bits per heavy atom. The van der Waals surface area contributed by atoms with E-state index < -0.39 is 0 Å². The SMILES string of the molecule is COC(=O)[C@@H]1CCCN1/N=C/c1ccc(CO)o1. The van der Waals surface area contributed by atoms with Crippen LogP contribution in [0.2, 0.25) is 0 Å². The van der Waals surface area contributed by atoms with Gasteiger partial charge in [0.1, 0.15) is 24.2 Å². The van der Waals surface area contributed by atoms with Crippen molar-refractivity contribution in [1.82, 2.24) is 5.01 Å². The van der Waals surface area contributed by atoms with Gasteiger partial charge in [-0.05, 0) is 25.0 Å². The van der Waals surface area contributed by atoms with Crippen molar-refractivity contribution in [2.24, 2.45) is 5.10 Å². The van der Waals surface area contributed by atoms with Crippen LogP contribution >= 0.6 is 0 Å².